The third-order valence-electron chi connectivity index (χ3n) is 3.47. The van der Waals surface area contributed by atoms with E-state index in [1.165, 1.54) is 12.8 Å². The predicted molar refractivity (Wildman–Crippen MR) is 75.1 cm³/mol. The molecule has 0 spiro atoms. The normalized spacial score (nSPS) is 17.7. The van der Waals surface area contributed by atoms with Gasteiger partial charge in [0.15, 0.2) is 0 Å². The number of hydrogen-bond donors (Lipinski definition) is 2. The van der Waals surface area contributed by atoms with Crippen LogP contribution in [0.15, 0.2) is 24.3 Å². The van der Waals surface area contributed by atoms with Crippen LogP contribution < -0.4 is 15.8 Å². The zero-order valence-corrected chi connectivity index (χ0v) is 11.1. The van der Waals surface area contributed by atoms with Crippen LogP contribution in [0.5, 0.6) is 5.75 Å². The number of methoxy groups -OCH3 is 1. The highest BCUT2D eigenvalue weighted by Gasteiger charge is 2.18. The van der Waals surface area contributed by atoms with Gasteiger partial charge in [-0.15, -0.1) is 0 Å². The first-order valence-electron chi connectivity index (χ1n) is 6.65. The Kier molecular flexibility index (Phi) is 4.84. The van der Waals surface area contributed by atoms with Gasteiger partial charge in [-0.25, -0.2) is 0 Å². The van der Waals surface area contributed by atoms with Crippen LogP contribution in [0.3, 0.4) is 0 Å². The van der Waals surface area contributed by atoms with Crippen molar-refractivity contribution in [2.24, 2.45) is 5.73 Å². The Balaban J connectivity index is 1.83. The first-order chi connectivity index (χ1) is 8.81. The maximum absolute atomic E-state index is 5.58. The van der Waals surface area contributed by atoms with Crippen LogP contribution in [0.2, 0.25) is 0 Å². The molecule has 0 unspecified atom stereocenters. The minimum atomic E-state index is 0.561. The molecular weight excluding hydrogens is 226 g/mol. The smallest absolute Gasteiger partial charge is 0.120 e. The molecule has 0 aromatic heterocycles. The summed E-state index contributed by atoms with van der Waals surface area (Å²) < 4.78 is 5.23. The van der Waals surface area contributed by atoms with Crippen LogP contribution >= 0.6 is 0 Å². The van der Waals surface area contributed by atoms with Crippen LogP contribution in [0.25, 0.3) is 0 Å². The van der Waals surface area contributed by atoms with Crippen molar-refractivity contribution >= 4 is 5.69 Å². The molecule has 4 nitrogen and oxygen atoms in total. The standard InChI is InChI=1S/C14H23N3O/c1-18-14-4-2-3-13(11-14)16-12-5-8-17(9-6-12)10-7-15/h2-4,11-12,16H,5-10,15H2,1H3. The van der Waals surface area contributed by atoms with Crippen molar-refractivity contribution in [1.29, 1.82) is 0 Å². The molecule has 1 aromatic rings. The van der Waals surface area contributed by atoms with Gasteiger partial charge in [-0.3, -0.25) is 0 Å². The Morgan fingerprint density at radius 1 is 1.39 bits per heavy atom. The maximum atomic E-state index is 5.58. The highest BCUT2D eigenvalue weighted by Crippen LogP contribution is 2.20. The summed E-state index contributed by atoms with van der Waals surface area (Å²) in [6.07, 6.45) is 2.36. The van der Waals surface area contributed by atoms with Crippen LogP contribution in [0, 0.1) is 0 Å². The minimum absolute atomic E-state index is 0.561. The minimum Gasteiger partial charge on any atom is -0.497 e. The Labute approximate surface area is 109 Å². The molecule has 0 bridgehead atoms. The second-order valence-electron chi connectivity index (χ2n) is 4.78. The van der Waals surface area contributed by atoms with Gasteiger partial charge in [0.25, 0.3) is 0 Å². The van der Waals surface area contributed by atoms with Crippen molar-refractivity contribution in [2.45, 2.75) is 18.9 Å². The number of piperidine rings is 1. The lowest BCUT2D eigenvalue weighted by Crippen LogP contribution is -2.41. The SMILES string of the molecule is COc1cccc(NC2CCN(CCN)CC2)c1. The molecule has 2 rings (SSSR count). The molecule has 1 saturated heterocycles. The van der Waals surface area contributed by atoms with E-state index in [0.717, 1.165) is 37.6 Å². The summed E-state index contributed by atoms with van der Waals surface area (Å²) in [5.74, 6) is 0.903. The van der Waals surface area contributed by atoms with Gasteiger partial charge < -0.3 is 20.7 Å². The van der Waals surface area contributed by atoms with E-state index in [0.29, 0.717) is 6.04 Å². The van der Waals surface area contributed by atoms with E-state index in [2.05, 4.69) is 16.3 Å². The average molecular weight is 249 g/mol. The van der Waals surface area contributed by atoms with Gasteiger partial charge in [0, 0.05) is 44.0 Å². The van der Waals surface area contributed by atoms with E-state index in [4.69, 9.17) is 10.5 Å². The number of ether oxygens (including phenoxy) is 1. The van der Waals surface area contributed by atoms with Gasteiger partial charge in [0.1, 0.15) is 5.75 Å². The second-order valence-corrected chi connectivity index (χ2v) is 4.78. The molecule has 0 aliphatic carbocycles. The molecule has 1 aliphatic rings. The Morgan fingerprint density at radius 3 is 2.83 bits per heavy atom. The zero-order valence-electron chi connectivity index (χ0n) is 11.1. The van der Waals surface area contributed by atoms with Gasteiger partial charge in [-0.2, -0.15) is 0 Å². The number of nitrogens with zero attached hydrogens (tertiary/aromatic N) is 1. The van der Waals surface area contributed by atoms with Gasteiger partial charge in [-0.05, 0) is 25.0 Å². The summed E-state index contributed by atoms with van der Waals surface area (Å²) in [5, 5.41) is 3.58. The summed E-state index contributed by atoms with van der Waals surface area (Å²) in [4.78, 5) is 2.43. The van der Waals surface area contributed by atoms with Crippen LogP contribution in [-0.2, 0) is 0 Å². The van der Waals surface area contributed by atoms with E-state index in [1.807, 2.05) is 18.2 Å². The Hall–Kier alpha value is -1.26. The molecule has 0 radical (unpaired) electrons. The van der Waals surface area contributed by atoms with Crippen molar-refractivity contribution in [2.75, 3.05) is 38.6 Å². The van der Waals surface area contributed by atoms with Crippen molar-refractivity contribution in [3.63, 3.8) is 0 Å². The first kappa shape index (κ1) is 13.2. The van der Waals surface area contributed by atoms with E-state index in [1.54, 1.807) is 7.11 Å². The van der Waals surface area contributed by atoms with Gasteiger partial charge >= 0.3 is 0 Å². The Morgan fingerprint density at radius 2 is 2.17 bits per heavy atom. The number of anilines is 1. The molecule has 1 aliphatic heterocycles. The van der Waals surface area contributed by atoms with Crippen LogP contribution in [0.1, 0.15) is 12.8 Å². The second kappa shape index (κ2) is 6.61. The lowest BCUT2D eigenvalue weighted by atomic mass is 10.0. The van der Waals surface area contributed by atoms with Crippen LogP contribution in [0.4, 0.5) is 5.69 Å². The fourth-order valence-corrected chi connectivity index (χ4v) is 2.43. The monoisotopic (exact) mass is 249 g/mol. The molecule has 4 heteroatoms. The van der Waals surface area contributed by atoms with E-state index in [9.17, 15) is 0 Å². The maximum Gasteiger partial charge on any atom is 0.120 e. The van der Waals surface area contributed by atoms with Gasteiger partial charge in [-0.1, -0.05) is 6.07 Å². The predicted octanol–water partition coefficient (Wildman–Crippen LogP) is 1.53. The number of rotatable bonds is 5. The Bertz CT molecular complexity index is 362. The molecule has 1 aromatic carbocycles. The summed E-state index contributed by atoms with van der Waals surface area (Å²) in [5.41, 5.74) is 6.72. The van der Waals surface area contributed by atoms with E-state index >= 15 is 0 Å². The molecule has 0 atom stereocenters. The number of likely N-dealkylation sites (tertiary alicyclic amines) is 1. The largest absolute Gasteiger partial charge is 0.497 e. The molecule has 18 heavy (non-hydrogen) atoms. The third-order valence-corrected chi connectivity index (χ3v) is 3.47. The average Bonchev–Trinajstić information content (AvgIpc) is 2.42. The molecule has 1 fully saturated rings. The number of hydrogen-bond acceptors (Lipinski definition) is 4. The highest BCUT2D eigenvalue weighted by molar-refractivity contribution is 5.48. The summed E-state index contributed by atoms with van der Waals surface area (Å²) >= 11 is 0. The van der Waals surface area contributed by atoms with Gasteiger partial charge in [0.05, 0.1) is 7.11 Å². The van der Waals surface area contributed by atoms with Crippen molar-refractivity contribution in [3.05, 3.63) is 24.3 Å². The molecule has 1 heterocycles. The molecular formula is C14H23N3O. The molecule has 0 amide bonds. The van der Waals surface area contributed by atoms with E-state index < -0.39 is 0 Å². The summed E-state index contributed by atoms with van der Waals surface area (Å²) in [7, 11) is 1.70. The zero-order chi connectivity index (χ0) is 12.8. The molecule has 100 valence electrons. The fraction of sp³-hybridized carbons (Fsp3) is 0.571. The van der Waals surface area contributed by atoms with Crippen molar-refractivity contribution in [3.8, 4) is 5.75 Å². The summed E-state index contributed by atoms with van der Waals surface area (Å²) in [6.45, 7) is 4.05. The van der Waals surface area contributed by atoms with Gasteiger partial charge in [0.2, 0.25) is 0 Å². The quantitative estimate of drug-likeness (QED) is 0.831. The van der Waals surface area contributed by atoms with Crippen molar-refractivity contribution in [1.82, 2.24) is 4.90 Å². The topological polar surface area (TPSA) is 50.5 Å². The first-order valence-corrected chi connectivity index (χ1v) is 6.65. The lowest BCUT2D eigenvalue weighted by Gasteiger charge is -2.32. The lowest BCUT2D eigenvalue weighted by molar-refractivity contribution is 0.224. The molecule has 3 N–H and O–H groups in total. The third kappa shape index (κ3) is 3.62. The molecule has 0 saturated carbocycles. The number of nitrogens with one attached hydrogen (secondary N) is 1. The van der Waals surface area contributed by atoms with E-state index in [-0.39, 0.29) is 0 Å². The summed E-state index contributed by atoms with van der Waals surface area (Å²) in [6, 6.07) is 8.69. The number of benzene rings is 1. The fourth-order valence-electron chi connectivity index (χ4n) is 2.43. The number of nitrogens with two attached hydrogens (primary N) is 1. The van der Waals surface area contributed by atoms with Crippen LogP contribution in [-0.4, -0.2) is 44.2 Å². The van der Waals surface area contributed by atoms with Crippen molar-refractivity contribution < 1.29 is 4.74 Å². The highest BCUT2D eigenvalue weighted by atomic mass is 16.5.